The van der Waals surface area contributed by atoms with Crippen LogP contribution in [-0.4, -0.2) is 54.6 Å². The van der Waals surface area contributed by atoms with E-state index in [2.05, 4.69) is 36.9 Å². The Morgan fingerprint density at radius 2 is 2.14 bits per heavy atom. The average Bonchev–Trinajstić information content (AvgIpc) is 3.48. The largest absolute Gasteiger partial charge is 0.393 e. The fourth-order valence-corrected chi connectivity index (χ4v) is 6.19. The van der Waals surface area contributed by atoms with Gasteiger partial charge in [-0.1, -0.05) is 24.3 Å². The van der Waals surface area contributed by atoms with E-state index in [1.54, 1.807) is 0 Å². The van der Waals surface area contributed by atoms with Crippen LogP contribution >= 0.6 is 11.3 Å². The normalized spacial score (nSPS) is 23.8. The number of ketones is 1. The molecule has 5 N–H and O–H groups in total. The lowest BCUT2D eigenvalue weighted by atomic mass is 9.91. The lowest BCUT2D eigenvalue weighted by Gasteiger charge is -2.26. The number of nitrogens with two attached hydrogens (primary N) is 1. The molecule has 10 nitrogen and oxygen atoms in total. The smallest absolute Gasteiger partial charge is 0.333 e. The molecule has 2 unspecified atom stereocenters. The van der Waals surface area contributed by atoms with Gasteiger partial charge >= 0.3 is 10.3 Å². The van der Waals surface area contributed by atoms with E-state index in [9.17, 15) is 18.3 Å². The molecule has 4 atom stereocenters. The number of anilines is 1. The number of aromatic nitrogens is 2. The first kappa shape index (κ1) is 24.9. The molecular weight excluding hydrogens is 502 g/mol. The molecule has 0 amide bonds. The Morgan fingerprint density at radius 1 is 1.31 bits per heavy atom. The number of nitrogens with zero attached hydrogens (tertiary/aromatic N) is 2. The van der Waals surface area contributed by atoms with Crippen molar-refractivity contribution in [2.75, 3.05) is 18.5 Å². The van der Waals surface area contributed by atoms with Gasteiger partial charge in [0, 0.05) is 24.7 Å². The summed E-state index contributed by atoms with van der Waals surface area (Å²) >= 11 is 1.38. The quantitative estimate of drug-likeness (QED) is 0.319. The molecule has 2 aromatic heterocycles. The molecule has 2 aliphatic rings. The second-order valence-electron chi connectivity index (χ2n) is 9.11. The summed E-state index contributed by atoms with van der Waals surface area (Å²) in [6.07, 6.45) is 3.84. The minimum absolute atomic E-state index is 0.0360. The molecule has 12 heteroatoms. The third-order valence-electron chi connectivity index (χ3n) is 6.69. The van der Waals surface area contributed by atoms with Crippen LogP contribution in [0, 0.1) is 5.92 Å². The fourth-order valence-electron chi connectivity index (χ4n) is 4.94. The first-order valence-electron chi connectivity index (χ1n) is 11.6. The van der Waals surface area contributed by atoms with E-state index >= 15 is 0 Å². The van der Waals surface area contributed by atoms with Gasteiger partial charge in [-0.2, -0.15) is 8.42 Å². The van der Waals surface area contributed by atoms with Gasteiger partial charge < -0.3 is 15.7 Å². The maximum atomic E-state index is 13.4. The minimum Gasteiger partial charge on any atom is -0.393 e. The van der Waals surface area contributed by atoms with Crippen molar-refractivity contribution in [2.24, 2.45) is 11.1 Å². The van der Waals surface area contributed by atoms with Crippen LogP contribution in [0.5, 0.6) is 0 Å². The second kappa shape index (κ2) is 10.3. The first-order chi connectivity index (χ1) is 17.3. The third-order valence-corrected chi connectivity index (χ3v) is 8.10. The molecule has 1 aromatic carbocycles. The molecule has 0 spiro atoms. The van der Waals surface area contributed by atoms with Gasteiger partial charge in [0.15, 0.2) is 0 Å². The van der Waals surface area contributed by atoms with Gasteiger partial charge in [-0.3, -0.25) is 8.98 Å². The van der Waals surface area contributed by atoms with Crippen molar-refractivity contribution in [3.8, 4) is 0 Å². The highest BCUT2D eigenvalue weighted by atomic mass is 32.2. The van der Waals surface area contributed by atoms with Crippen LogP contribution < -0.4 is 15.8 Å². The molecule has 0 bridgehead atoms. The number of thiophene rings is 1. The van der Waals surface area contributed by atoms with Gasteiger partial charge in [0.1, 0.15) is 12.1 Å². The van der Waals surface area contributed by atoms with Crippen LogP contribution in [-0.2, 0) is 20.9 Å². The topological polar surface area (TPSA) is 157 Å². The second-order valence-corrected chi connectivity index (χ2v) is 11.2. The van der Waals surface area contributed by atoms with Gasteiger partial charge in [0.05, 0.1) is 29.2 Å². The molecule has 0 saturated heterocycles. The molecule has 1 aliphatic heterocycles. The number of fused-ring (bicyclic) bond motifs is 1. The van der Waals surface area contributed by atoms with Gasteiger partial charge in [-0.05, 0) is 47.4 Å². The molecule has 3 heterocycles. The summed E-state index contributed by atoms with van der Waals surface area (Å²) < 4.78 is 26.8. The standard InChI is InChI=1S/C24H27N5O5S2/c25-36(32,33)34-11-15-7-17(9-20(15)30)29-24-19(10-26-13-28-24)23(31)21-8-16(12-35-21)22-18-4-2-1-3-14(18)5-6-27-22/h1-4,8,10,12-13,15,17,20,22,27,30H,5-7,9,11H2,(H2,25,32,33)(H,26,28,29)/t15?,17-,20+,22?/m1/s1. The molecule has 0 radical (unpaired) electrons. The molecule has 1 aliphatic carbocycles. The van der Waals surface area contributed by atoms with Crippen molar-refractivity contribution in [2.45, 2.75) is 37.5 Å². The van der Waals surface area contributed by atoms with Crippen molar-refractivity contribution < 1.29 is 22.5 Å². The Morgan fingerprint density at radius 3 is 2.97 bits per heavy atom. The van der Waals surface area contributed by atoms with Crippen LogP contribution in [0.2, 0.25) is 0 Å². The molecule has 1 fully saturated rings. The van der Waals surface area contributed by atoms with E-state index in [1.807, 2.05) is 23.6 Å². The van der Waals surface area contributed by atoms with Crippen molar-refractivity contribution in [1.29, 1.82) is 0 Å². The maximum absolute atomic E-state index is 13.4. The summed E-state index contributed by atoms with van der Waals surface area (Å²) in [5.41, 5.74) is 3.92. The molecule has 190 valence electrons. The first-order valence-corrected chi connectivity index (χ1v) is 14.0. The Balaban J connectivity index is 1.31. The molecular formula is C24H27N5O5S2. The summed E-state index contributed by atoms with van der Waals surface area (Å²) in [5.74, 6) is -0.227. The molecule has 1 saturated carbocycles. The summed E-state index contributed by atoms with van der Waals surface area (Å²) in [4.78, 5) is 22.3. The highest BCUT2D eigenvalue weighted by Gasteiger charge is 2.35. The lowest BCUT2D eigenvalue weighted by molar-refractivity contribution is 0.101. The van der Waals surface area contributed by atoms with E-state index in [1.165, 1.54) is 35.0 Å². The number of rotatable bonds is 8. The number of hydrogen-bond donors (Lipinski definition) is 4. The van der Waals surface area contributed by atoms with Crippen molar-refractivity contribution >= 4 is 33.2 Å². The van der Waals surface area contributed by atoms with E-state index in [0.29, 0.717) is 29.1 Å². The zero-order chi connectivity index (χ0) is 25.3. The zero-order valence-electron chi connectivity index (χ0n) is 19.3. The van der Waals surface area contributed by atoms with E-state index in [-0.39, 0.29) is 24.5 Å². The van der Waals surface area contributed by atoms with Crippen LogP contribution in [0.1, 0.15) is 50.8 Å². The van der Waals surface area contributed by atoms with Crippen molar-refractivity contribution in [1.82, 2.24) is 15.3 Å². The summed E-state index contributed by atoms with van der Waals surface area (Å²) in [7, 11) is -4.08. The van der Waals surface area contributed by atoms with E-state index < -0.39 is 22.3 Å². The Labute approximate surface area is 213 Å². The number of benzene rings is 1. The maximum Gasteiger partial charge on any atom is 0.333 e. The Hall–Kier alpha value is -2.74. The monoisotopic (exact) mass is 529 g/mol. The number of carbonyl (C=O) groups is 1. The van der Waals surface area contributed by atoms with E-state index in [4.69, 9.17) is 5.14 Å². The van der Waals surface area contributed by atoms with Crippen molar-refractivity contribution in [3.05, 3.63) is 75.4 Å². The SMILES string of the molecule is NS(=O)(=O)OCC1C[C@@H](Nc2ncncc2C(=O)c2cc(C3NCCc4ccccc43)cs2)C[C@@H]1O. The van der Waals surface area contributed by atoms with Crippen LogP contribution in [0.4, 0.5) is 5.82 Å². The Bertz CT molecular complexity index is 1360. The highest BCUT2D eigenvalue weighted by Crippen LogP contribution is 2.33. The number of nitrogens with one attached hydrogen (secondary N) is 2. The molecule has 5 rings (SSSR count). The van der Waals surface area contributed by atoms with Crippen LogP contribution in [0.3, 0.4) is 0 Å². The number of aliphatic hydroxyl groups excluding tert-OH is 1. The minimum atomic E-state index is -4.08. The fraction of sp³-hybridized carbons (Fsp3) is 0.375. The highest BCUT2D eigenvalue weighted by molar-refractivity contribution is 7.84. The third kappa shape index (κ3) is 5.48. The predicted octanol–water partition coefficient (Wildman–Crippen LogP) is 1.78. The van der Waals surface area contributed by atoms with Gasteiger partial charge in [0.2, 0.25) is 5.78 Å². The van der Waals surface area contributed by atoms with Crippen molar-refractivity contribution in [3.63, 3.8) is 0 Å². The van der Waals surface area contributed by atoms with Crippen LogP contribution in [0.25, 0.3) is 0 Å². The van der Waals surface area contributed by atoms with Gasteiger partial charge in [-0.25, -0.2) is 15.1 Å². The number of carbonyl (C=O) groups excluding carboxylic acids is 1. The number of hydrogen-bond acceptors (Lipinski definition) is 10. The van der Waals surface area contributed by atoms with Gasteiger partial charge in [0.25, 0.3) is 0 Å². The number of aliphatic hydroxyl groups is 1. The Kier molecular flexibility index (Phi) is 7.15. The molecule has 36 heavy (non-hydrogen) atoms. The van der Waals surface area contributed by atoms with E-state index in [0.717, 1.165) is 18.5 Å². The van der Waals surface area contributed by atoms with Crippen LogP contribution in [0.15, 0.2) is 48.2 Å². The zero-order valence-corrected chi connectivity index (χ0v) is 21.0. The average molecular weight is 530 g/mol. The summed E-state index contributed by atoms with van der Waals surface area (Å²) in [6.45, 7) is 0.669. The molecule has 3 aromatic rings. The van der Waals surface area contributed by atoms with Gasteiger partial charge in [-0.15, -0.1) is 11.3 Å². The lowest BCUT2D eigenvalue weighted by Crippen LogP contribution is -2.30. The summed E-state index contributed by atoms with van der Waals surface area (Å²) in [6, 6.07) is 10.1. The predicted molar refractivity (Wildman–Crippen MR) is 135 cm³/mol. The summed E-state index contributed by atoms with van der Waals surface area (Å²) in [5, 5.41) is 24.0.